The van der Waals surface area contributed by atoms with Crippen molar-refractivity contribution in [2.24, 2.45) is 11.8 Å². The number of ether oxygens (including phenoxy) is 4. The summed E-state index contributed by atoms with van der Waals surface area (Å²) in [6.07, 6.45) is 25.0. The number of Topliss-reactive ketones (excluding diaryl/α,β-unsaturated/α-hetero) is 1. The van der Waals surface area contributed by atoms with E-state index in [1.165, 1.54) is 129 Å². The molecule has 10 rings (SSSR count). The highest BCUT2D eigenvalue weighted by Gasteiger charge is 2.25. The van der Waals surface area contributed by atoms with Crippen LogP contribution < -0.4 is 40.2 Å². The van der Waals surface area contributed by atoms with Gasteiger partial charge in [-0.25, -0.2) is 16.8 Å². The van der Waals surface area contributed by atoms with E-state index in [1.54, 1.807) is 90.6 Å². The summed E-state index contributed by atoms with van der Waals surface area (Å²) in [6.45, 7) is 29.7. The second-order valence-electron chi connectivity index (χ2n) is 37.2. The topological polar surface area (TPSA) is 222 Å². The number of alkyl halides is 8. The maximum Gasteiger partial charge on any atom is 0.265 e. The summed E-state index contributed by atoms with van der Waals surface area (Å²) in [4.78, 5) is 47.5. The Kier molecular flexibility index (Phi) is 74.9. The Balaban J connectivity index is 0.000000597. The summed E-state index contributed by atoms with van der Waals surface area (Å²) >= 11 is 65.1. The van der Waals surface area contributed by atoms with Gasteiger partial charge in [0.25, 0.3) is 5.91 Å². The molecule has 0 aromatic heterocycles. The number of carbonyl (C=O) groups is 4. The van der Waals surface area contributed by atoms with E-state index < -0.39 is 37.6 Å². The van der Waals surface area contributed by atoms with Crippen LogP contribution in [0.2, 0.25) is 20.1 Å². The number of rotatable bonds is 50. The van der Waals surface area contributed by atoms with Crippen LogP contribution in [0, 0.1) is 67.2 Å². The lowest BCUT2D eigenvalue weighted by Crippen LogP contribution is -2.32. The van der Waals surface area contributed by atoms with Gasteiger partial charge in [0.2, 0.25) is 11.8 Å². The molecule has 3 unspecified atom stereocenters. The van der Waals surface area contributed by atoms with E-state index in [0.717, 1.165) is 131 Å². The summed E-state index contributed by atoms with van der Waals surface area (Å²) in [6, 6.07) is 59.9. The third-order valence-electron chi connectivity index (χ3n) is 23.8. The number of aryl methyl sites for hydroxylation is 8. The van der Waals surface area contributed by atoms with Gasteiger partial charge in [-0.05, 0) is 236 Å². The lowest BCUT2D eigenvalue weighted by Gasteiger charge is -2.19. The summed E-state index contributed by atoms with van der Waals surface area (Å²) < 4.78 is 71.2. The molecule has 0 fully saturated rings. The Morgan fingerprint density at radius 1 is 0.327 bits per heavy atom. The van der Waals surface area contributed by atoms with Crippen LogP contribution in [0.4, 0.5) is 28.4 Å². The van der Waals surface area contributed by atoms with Crippen molar-refractivity contribution in [1.29, 1.82) is 0 Å². The third-order valence-corrected chi connectivity index (χ3v) is 32.0. The number of benzene rings is 10. The van der Waals surface area contributed by atoms with Crippen molar-refractivity contribution in [1.82, 2.24) is 0 Å². The molecule has 830 valence electrons. The van der Waals surface area contributed by atoms with Crippen molar-refractivity contribution < 1.29 is 55.0 Å². The second kappa shape index (κ2) is 80.8. The number of anilines is 5. The molecule has 0 saturated carbocycles. The number of halogens is 12. The minimum Gasteiger partial charge on any atom is -0.496 e. The molecule has 3 atom stereocenters. The average Bonchev–Trinajstić information content (AvgIpc) is 0.835. The molecule has 0 heterocycles. The Morgan fingerprint density at radius 3 is 0.947 bits per heavy atom. The third kappa shape index (κ3) is 59.3. The highest BCUT2D eigenvalue weighted by molar-refractivity contribution is 9.08. The summed E-state index contributed by atoms with van der Waals surface area (Å²) in [5.74, 6) is 3.25. The van der Waals surface area contributed by atoms with Crippen molar-refractivity contribution in [2.45, 2.75) is 304 Å². The number of carbonyl (C=O) groups excluding carboxylic acids is 4. The first-order valence-corrected chi connectivity index (χ1v) is 62.1. The summed E-state index contributed by atoms with van der Waals surface area (Å²) in [7, 11) is -1.79. The van der Waals surface area contributed by atoms with Gasteiger partial charge in [0.05, 0.1) is 62.0 Å². The molecule has 0 bridgehead atoms. The van der Waals surface area contributed by atoms with Crippen molar-refractivity contribution in [3.63, 3.8) is 0 Å². The molecular weight excluding hydrogens is 2270 g/mol. The van der Waals surface area contributed by atoms with Crippen LogP contribution in [-0.4, -0.2) is 90.8 Å². The van der Waals surface area contributed by atoms with Gasteiger partial charge in [0, 0.05) is 112 Å². The Hall–Kier alpha value is -6.96. The summed E-state index contributed by atoms with van der Waals surface area (Å²) in [5, 5.41) is 16.7. The SMILES string of the molecule is CCC(Oc1ccc(C)cc1C)C(=O)Nc1ccc(OC)c(CCl)c1.CCCC(C)=O.CCCCCCCCCCCCS(=O)(=O)CC(C)C(=O)Nc1ccc(OC)c(CCl)c1.CCCCCCCCCCCCS(=O)(=O)CC(C)C(=O)Nc1ccc(OC)c(CCl)c1.Cc1ccc(Cl)c(CBr)c1.Cc1ccc(Cl)c(CCl)c1.Cc1ccc(Cl)c(CCl)c1.Cc1ccc(Nc2ccc(Cl)c(CCl)c2)c(C)c1.Cc1ccccc1CBr. The number of unbranched alkanes of at least 4 members (excludes halogenated alkanes) is 18. The van der Waals surface area contributed by atoms with Crippen LogP contribution in [0.25, 0.3) is 0 Å². The molecule has 16 nitrogen and oxygen atoms in total. The molecule has 3 amide bonds. The maximum atomic E-state index is 12.6. The molecule has 4 N–H and O–H groups in total. The number of amides is 3. The van der Waals surface area contributed by atoms with Crippen molar-refractivity contribution in [3.8, 4) is 23.0 Å². The molecule has 10 aromatic carbocycles. The molecule has 30 heteroatoms. The van der Waals surface area contributed by atoms with Crippen LogP contribution in [-0.2, 0) is 84.8 Å². The van der Waals surface area contributed by atoms with E-state index >= 15 is 0 Å². The first-order valence-electron chi connectivity index (χ1n) is 51.5. The van der Waals surface area contributed by atoms with Crippen LogP contribution in [0.15, 0.2) is 188 Å². The fourth-order valence-electron chi connectivity index (χ4n) is 15.1. The van der Waals surface area contributed by atoms with E-state index in [2.05, 4.69) is 143 Å². The van der Waals surface area contributed by atoms with Crippen molar-refractivity contribution in [3.05, 3.63) is 297 Å². The van der Waals surface area contributed by atoms with Crippen molar-refractivity contribution >= 4 is 219 Å². The zero-order valence-corrected chi connectivity index (χ0v) is 103. The number of nitrogens with one attached hydrogen (secondary N) is 4. The van der Waals surface area contributed by atoms with E-state index in [0.29, 0.717) is 82.1 Å². The molecule has 150 heavy (non-hydrogen) atoms. The highest BCUT2D eigenvalue weighted by atomic mass is 79.9. The molecule has 0 aliphatic carbocycles. The predicted octanol–water partition coefficient (Wildman–Crippen LogP) is 37.6. The smallest absolute Gasteiger partial charge is 0.265 e. The zero-order chi connectivity index (χ0) is 112. The van der Waals surface area contributed by atoms with E-state index in [-0.39, 0.29) is 58.3 Å². The molecule has 0 radical (unpaired) electrons. The summed E-state index contributed by atoms with van der Waals surface area (Å²) in [5.41, 5.74) is 21.4. The van der Waals surface area contributed by atoms with Crippen molar-refractivity contribution in [2.75, 3.05) is 65.6 Å². The van der Waals surface area contributed by atoms with Gasteiger partial charge in [-0.3, -0.25) is 14.4 Å². The number of methoxy groups -OCH3 is 3. The van der Waals surface area contributed by atoms with Gasteiger partial charge < -0.3 is 45.0 Å². The van der Waals surface area contributed by atoms with E-state index in [9.17, 15) is 36.0 Å². The molecule has 0 aliphatic heterocycles. The predicted molar refractivity (Wildman–Crippen MR) is 653 cm³/mol. The van der Waals surface area contributed by atoms with E-state index in [4.69, 9.17) is 135 Å². The molecule has 10 aromatic rings. The Morgan fingerprint density at radius 2 is 0.633 bits per heavy atom. The fraction of sp³-hybridized carbons (Fsp3) is 0.467. The second-order valence-corrected chi connectivity index (χ2v) is 46.0. The van der Waals surface area contributed by atoms with Crippen LogP contribution in [0.5, 0.6) is 23.0 Å². The number of sulfone groups is 2. The molecule has 0 spiro atoms. The van der Waals surface area contributed by atoms with Gasteiger partial charge in [-0.2, -0.15) is 0 Å². The van der Waals surface area contributed by atoms with Crippen LogP contribution >= 0.6 is 148 Å². The molecule has 0 saturated heterocycles. The lowest BCUT2D eigenvalue weighted by atomic mass is 10.1. The monoisotopic (exact) mass is 2420 g/mol. The lowest BCUT2D eigenvalue weighted by molar-refractivity contribution is -0.123. The van der Waals surface area contributed by atoms with E-state index in [1.807, 2.05) is 133 Å². The average molecular weight is 2430 g/mol. The van der Waals surface area contributed by atoms with Crippen LogP contribution in [0.1, 0.15) is 285 Å². The Bertz CT molecular complexity index is 5600. The highest BCUT2D eigenvalue weighted by Crippen LogP contribution is 2.33. The molecule has 0 aliphatic rings. The minimum absolute atomic E-state index is 0.130. The van der Waals surface area contributed by atoms with Gasteiger partial charge in [-0.15, -0.1) is 69.6 Å². The number of hydrogen-bond donors (Lipinski definition) is 4. The zero-order valence-electron chi connectivity index (χ0n) is 91.1. The quantitative estimate of drug-likeness (QED) is 0.0206. The van der Waals surface area contributed by atoms with Crippen LogP contribution in [0.3, 0.4) is 0 Å². The standard InChI is InChI=1S/2C24H40ClNO4S.C20H24ClNO3.C15H15Cl2N.C8H8BrCl.C8H9Br.2C8H8Cl2.C5H10O/c2*1-4-5-6-7-8-9-10-11-12-13-16-31(28,29)19-20(2)24(27)26-22-14-15-23(30-3)21(17-22)18-25;1-5-17(25-18-8-6-13(2)10-14(18)3)20(23)22-16-7-9-19(24-4)15(11-16)12-21;1-10-3-6-15(11(2)7-10)18-13-4-5-14(17)12(8-13)9-16;1-6-2-3-8(10)7(4-6)5-9;1-7-4-2-3-5-8(7)6-9;2*1-6-2-3-8(10)7(4-6)5-9;1-3-4-5(2)6/h2*14-15,17,20H,4-13,16,18-19H2,1-3H3,(H,26,27);6-11,17H,5,12H2,1-4H3,(H,22,23);3-8,18H,9H2,1-2H3;2-4H,5H2,1H3;2-5H,6H2,1H3;2*2-4H,5H2,1H3;3-4H2,1-2H3. The van der Waals surface area contributed by atoms with Gasteiger partial charge in [0.1, 0.15) is 28.8 Å². The first-order chi connectivity index (χ1) is 71.5. The van der Waals surface area contributed by atoms with Gasteiger partial charge >= 0.3 is 0 Å². The fourth-order valence-corrected chi connectivity index (χ4v) is 22.1. The maximum absolute atomic E-state index is 12.6. The first kappa shape index (κ1) is 139. The minimum atomic E-state index is -3.25. The largest absolute Gasteiger partial charge is 0.496 e. The molecular formula is C120H162Br2Cl10N4O12S2. The van der Waals surface area contributed by atoms with Gasteiger partial charge in [0.15, 0.2) is 25.8 Å². The Labute approximate surface area is 966 Å². The number of ketones is 1. The normalized spacial score (nSPS) is 11.3. The number of hydrogen-bond acceptors (Lipinski definition) is 13. The van der Waals surface area contributed by atoms with Gasteiger partial charge in [-0.1, -0.05) is 348 Å².